The van der Waals surface area contributed by atoms with Gasteiger partial charge in [-0.2, -0.15) is 0 Å². The molecule has 0 aliphatic carbocycles. The number of nitrogens with zero attached hydrogens (tertiary/aromatic N) is 7. The van der Waals surface area contributed by atoms with Crippen LogP contribution in [-0.4, -0.2) is 109 Å². The second-order valence-electron chi connectivity index (χ2n) is 12.1. The van der Waals surface area contributed by atoms with Gasteiger partial charge in [-0.1, -0.05) is 0 Å². The lowest BCUT2D eigenvalue weighted by atomic mass is 9.85. The Bertz CT molecular complexity index is 1700. The predicted octanol–water partition coefficient (Wildman–Crippen LogP) is 1.96. The lowest BCUT2D eigenvalue weighted by Crippen LogP contribution is -2.51. The number of amidine groups is 1. The van der Waals surface area contributed by atoms with Gasteiger partial charge in [0.15, 0.2) is 5.84 Å². The first-order valence-electron chi connectivity index (χ1n) is 15.6. The van der Waals surface area contributed by atoms with Gasteiger partial charge in [0, 0.05) is 75.0 Å². The number of anilines is 3. The Kier molecular flexibility index (Phi) is 8.94. The van der Waals surface area contributed by atoms with Gasteiger partial charge in [-0.15, -0.1) is 0 Å². The molecule has 2 aromatic heterocycles. The van der Waals surface area contributed by atoms with Crippen LogP contribution < -0.4 is 20.9 Å². The maximum atomic E-state index is 13.8. The van der Waals surface area contributed by atoms with Crippen molar-refractivity contribution in [2.45, 2.75) is 12.8 Å². The Morgan fingerprint density at radius 2 is 1.83 bits per heavy atom. The van der Waals surface area contributed by atoms with E-state index in [1.165, 1.54) is 18.5 Å². The summed E-state index contributed by atoms with van der Waals surface area (Å²) in [7, 11) is 1.72. The van der Waals surface area contributed by atoms with E-state index >= 15 is 0 Å². The number of halogens is 1. The number of aromatic nitrogens is 2. The van der Waals surface area contributed by atoms with E-state index in [2.05, 4.69) is 30.1 Å². The van der Waals surface area contributed by atoms with Crippen molar-refractivity contribution in [3.05, 3.63) is 77.5 Å². The molecule has 0 radical (unpaired) electrons. The number of hydrogen-bond donors (Lipinski definition) is 4. The zero-order valence-corrected chi connectivity index (χ0v) is 26.2. The molecule has 1 aromatic carbocycles. The maximum absolute atomic E-state index is 13.8. The van der Waals surface area contributed by atoms with Gasteiger partial charge >= 0.3 is 0 Å². The molecule has 3 aliphatic rings. The number of nitrogens with two attached hydrogens (primary N) is 1. The highest BCUT2D eigenvalue weighted by Gasteiger charge is 2.51. The number of rotatable bonds is 8. The van der Waals surface area contributed by atoms with Gasteiger partial charge in [0.25, 0.3) is 0 Å². The minimum atomic E-state index is -0.556. The van der Waals surface area contributed by atoms with Gasteiger partial charge in [-0.25, -0.2) is 14.4 Å². The molecule has 3 aromatic rings. The van der Waals surface area contributed by atoms with Crippen molar-refractivity contribution >= 4 is 46.9 Å². The van der Waals surface area contributed by atoms with Crippen molar-refractivity contribution < 1.29 is 14.0 Å². The molecule has 244 valence electrons. The van der Waals surface area contributed by atoms with Gasteiger partial charge < -0.3 is 25.8 Å². The van der Waals surface area contributed by atoms with Crippen LogP contribution in [0.15, 0.2) is 59.9 Å². The quantitative estimate of drug-likeness (QED) is 0.165. The molecule has 47 heavy (non-hydrogen) atoms. The van der Waals surface area contributed by atoms with Crippen molar-refractivity contribution in [1.82, 2.24) is 25.1 Å². The minimum absolute atomic E-state index is 0.0192. The molecule has 6 rings (SSSR count). The molecule has 3 fully saturated rings. The maximum Gasteiger partial charge on any atom is 0.236 e. The second kappa shape index (κ2) is 13.2. The first kappa shape index (κ1) is 31.7. The summed E-state index contributed by atoms with van der Waals surface area (Å²) in [5.41, 5.74) is 8.06. The molecule has 0 bridgehead atoms. The highest BCUT2D eigenvalue weighted by Crippen LogP contribution is 2.42. The molecule has 2 amide bonds. The number of carbonyl (C=O) groups is 2. The van der Waals surface area contributed by atoms with Crippen molar-refractivity contribution in [3.8, 4) is 0 Å². The second-order valence-corrected chi connectivity index (χ2v) is 12.1. The SMILES string of the molecule is CN/C=N\C(=N)c1ccc(N2CCN(C(=O)CN3CC[C@]4(CCN(c5ccc(N)c(C(=N)c6ccc(F)cn6)c5)C4=O)C3)CC2)nc1. The summed E-state index contributed by atoms with van der Waals surface area (Å²) in [5.74, 6) is 0.512. The molecule has 13 nitrogen and oxygen atoms in total. The number of amides is 2. The zero-order chi connectivity index (χ0) is 33.1. The Labute approximate surface area is 272 Å². The van der Waals surface area contributed by atoms with E-state index in [-0.39, 0.29) is 35.6 Å². The Hall–Kier alpha value is -5.24. The van der Waals surface area contributed by atoms with Crippen LogP contribution in [-0.2, 0) is 9.59 Å². The van der Waals surface area contributed by atoms with Crippen LogP contribution in [0, 0.1) is 22.1 Å². The van der Waals surface area contributed by atoms with E-state index in [0.717, 1.165) is 12.0 Å². The first-order valence-corrected chi connectivity index (χ1v) is 15.6. The van der Waals surface area contributed by atoms with Crippen LogP contribution in [0.4, 0.5) is 21.6 Å². The molecule has 1 spiro atoms. The summed E-state index contributed by atoms with van der Waals surface area (Å²) < 4.78 is 13.4. The highest BCUT2D eigenvalue weighted by atomic mass is 19.1. The van der Waals surface area contributed by atoms with Crippen LogP contribution in [0.3, 0.4) is 0 Å². The first-order chi connectivity index (χ1) is 22.7. The zero-order valence-electron chi connectivity index (χ0n) is 26.2. The van der Waals surface area contributed by atoms with Crippen molar-refractivity contribution in [1.29, 1.82) is 10.8 Å². The normalized spacial score (nSPS) is 20.0. The Balaban J connectivity index is 1.03. The average molecular weight is 640 g/mol. The lowest BCUT2D eigenvalue weighted by molar-refractivity contribution is -0.133. The largest absolute Gasteiger partial charge is 0.398 e. The molecule has 14 heteroatoms. The fourth-order valence-electron chi connectivity index (χ4n) is 6.52. The molecule has 3 aliphatic heterocycles. The molecular formula is C33H38FN11O2. The number of nitrogen functional groups attached to an aromatic ring is 1. The number of carbonyl (C=O) groups excluding carboxylic acids is 2. The van der Waals surface area contributed by atoms with E-state index < -0.39 is 11.2 Å². The van der Waals surface area contributed by atoms with Gasteiger partial charge in [-0.3, -0.25) is 30.3 Å². The van der Waals surface area contributed by atoms with Crippen molar-refractivity contribution in [3.63, 3.8) is 0 Å². The summed E-state index contributed by atoms with van der Waals surface area (Å²) in [6.45, 7) is 4.47. The fraction of sp³-hybridized carbons (Fsp3) is 0.364. The number of nitrogens with one attached hydrogen (secondary N) is 3. The van der Waals surface area contributed by atoms with Crippen molar-refractivity contribution in [2.75, 3.05) is 74.9 Å². The number of piperazine rings is 1. The summed E-state index contributed by atoms with van der Waals surface area (Å²) in [5, 5.41) is 19.4. The van der Waals surface area contributed by atoms with Crippen LogP contribution in [0.1, 0.15) is 29.7 Å². The fourth-order valence-corrected chi connectivity index (χ4v) is 6.52. The summed E-state index contributed by atoms with van der Waals surface area (Å²) in [6, 6.07) is 11.6. The third kappa shape index (κ3) is 6.54. The monoisotopic (exact) mass is 639 g/mol. The number of aliphatic imine (C=N–C) groups is 1. The molecule has 3 saturated heterocycles. The van der Waals surface area contributed by atoms with Crippen molar-refractivity contribution in [2.24, 2.45) is 10.4 Å². The third-order valence-electron chi connectivity index (χ3n) is 9.21. The predicted molar refractivity (Wildman–Crippen MR) is 179 cm³/mol. The Morgan fingerprint density at radius 3 is 2.53 bits per heavy atom. The number of hydrogen-bond acceptors (Lipinski definition) is 9. The summed E-state index contributed by atoms with van der Waals surface area (Å²) in [4.78, 5) is 47.5. The van der Waals surface area contributed by atoms with Crippen LogP contribution in [0.25, 0.3) is 0 Å². The Morgan fingerprint density at radius 1 is 1.04 bits per heavy atom. The van der Waals surface area contributed by atoms with E-state index in [9.17, 15) is 14.0 Å². The molecule has 5 N–H and O–H groups in total. The summed E-state index contributed by atoms with van der Waals surface area (Å²) >= 11 is 0. The van der Waals surface area contributed by atoms with Gasteiger partial charge in [0.1, 0.15) is 11.6 Å². The number of pyridine rings is 2. The van der Waals surface area contributed by atoms with Gasteiger partial charge in [0.2, 0.25) is 11.8 Å². The van der Waals surface area contributed by atoms with Crippen LogP contribution >= 0.6 is 0 Å². The smallest absolute Gasteiger partial charge is 0.236 e. The molecule has 0 unspecified atom stereocenters. The summed E-state index contributed by atoms with van der Waals surface area (Å²) in [6.07, 6.45) is 5.51. The van der Waals surface area contributed by atoms with Gasteiger partial charge in [0.05, 0.1) is 35.9 Å². The van der Waals surface area contributed by atoms with E-state index in [4.69, 9.17) is 16.6 Å². The minimum Gasteiger partial charge on any atom is -0.398 e. The van der Waals surface area contributed by atoms with E-state index in [1.807, 2.05) is 17.0 Å². The molecule has 0 saturated carbocycles. The van der Waals surface area contributed by atoms with E-state index in [0.29, 0.717) is 81.2 Å². The highest BCUT2D eigenvalue weighted by molar-refractivity contribution is 6.13. The number of likely N-dealkylation sites (tertiary alicyclic amines) is 1. The third-order valence-corrected chi connectivity index (χ3v) is 9.21. The molecular weight excluding hydrogens is 601 g/mol. The van der Waals surface area contributed by atoms with Crippen LogP contribution in [0.5, 0.6) is 0 Å². The average Bonchev–Trinajstić information content (AvgIpc) is 3.65. The van der Waals surface area contributed by atoms with E-state index in [1.54, 1.807) is 36.3 Å². The topological polar surface area (TPSA) is 171 Å². The van der Waals surface area contributed by atoms with Crippen LogP contribution in [0.2, 0.25) is 0 Å². The lowest BCUT2D eigenvalue weighted by Gasteiger charge is -2.36. The number of benzene rings is 1. The molecule has 5 heterocycles. The van der Waals surface area contributed by atoms with Gasteiger partial charge in [-0.05, 0) is 61.9 Å². The standard InChI is InChI=1S/C33H38FN11O2/c1-38-21-41-31(37)22-2-7-28(40-17-22)43-12-14-44(15-13-43)29(46)19-42-10-8-33(20-42)9-11-45(32(33)47)24-4-5-26(35)25(16-24)30(36)27-6-3-23(34)18-39-27/h2-7,16-18,21,36H,8-15,19-20,35H2,1H3,(H2,37,38,41)/t33-/m0/s1. The molecule has 1 atom stereocenters.